The summed E-state index contributed by atoms with van der Waals surface area (Å²) < 4.78 is 0. The molecule has 0 unspecified atom stereocenters. The van der Waals surface area contributed by atoms with E-state index in [1.165, 1.54) is 107 Å². The van der Waals surface area contributed by atoms with Gasteiger partial charge >= 0.3 is 0 Å². The SMILES string of the molecule is CCCCCCCCC1(CCCCCCCC)c2ccccc2-c2ccccc21.O=C1C=CC=C2C1=Cc1ccccc12. The fourth-order valence-corrected chi connectivity index (χ4v) is 7.44. The van der Waals surface area contributed by atoms with Crippen molar-refractivity contribution in [3.63, 3.8) is 0 Å². The smallest absolute Gasteiger partial charge is 0.186 e. The van der Waals surface area contributed by atoms with Crippen molar-refractivity contribution in [2.75, 3.05) is 0 Å². The number of unbranched alkanes of at least 4 members (excludes halogenated alkanes) is 10. The molecule has 0 atom stereocenters. The molecule has 0 spiro atoms. The molecule has 0 heterocycles. The highest BCUT2D eigenvalue weighted by Gasteiger charge is 2.41. The lowest BCUT2D eigenvalue weighted by Gasteiger charge is -2.33. The number of hydrogen-bond donors (Lipinski definition) is 0. The Kier molecular flexibility index (Phi) is 11.0. The summed E-state index contributed by atoms with van der Waals surface area (Å²) in [5, 5.41) is 0. The van der Waals surface area contributed by atoms with Crippen LogP contribution in [0.4, 0.5) is 0 Å². The molecule has 0 saturated carbocycles. The Morgan fingerprint density at radius 1 is 0.535 bits per heavy atom. The van der Waals surface area contributed by atoms with Gasteiger partial charge in [-0.1, -0.05) is 176 Å². The van der Waals surface area contributed by atoms with Crippen LogP contribution in [0, 0.1) is 0 Å². The van der Waals surface area contributed by atoms with Crippen LogP contribution >= 0.6 is 0 Å². The standard InChI is InChI=1S/C29H42.C13H8O/c1-3-5-7-9-11-17-23-29(24-18-12-10-8-6-4-2)27-21-15-13-19-25(27)26-20-14-16-22-28(26)29;14-13-7-3-6-11-10-5-2-1-4-9(10)8-12(11)13/h13-16,19-22H,3-12,17-18,23-24H2,1-2H3;1-8H. The zero-order chi connectivity index (χ0) is 29.9. The first-order valence-electron chi connectivity index (χ1n) is 17.1. The average molecular weight is 571 g/mol. The number of carbonyl (C=O) groups excluding carboxylic acids is 1. The third-order valence-corrected chi connectivity index (χ3v) is 9.71. The highest BCUT2D eigenvalue weighted by atomic mass is 16.1. The number of ketones is 1. The summed E-state index contributed by atoms with van der Waals surface area (Å²) in [6.45, 7) is 4.61. The van der Waals surface area contributed by atoms with Gasteiger partial charge in [0.25, 0.3) is 0 Å². The van der Waals surface area contributed by atoms with Crippen molar-refractivity contribution in [1.29, 1.82) is 0 Å². The maximum absolute atomic E-state index is 11.5. The monoisotopic (exact) mass is 570 g/mol. The third kappa shape index (κ3) is 7.04. The molecule has 43 heavy (non-hydrogen) atoms. The van der Waals surface area contributed by atoms with Crippen LogP contribution in [0.5, 0.6) is 0 Å². The van der Waals surface area contributed by atoms with Crippen LogP contribution in [0.25, 0.3) is 22.8 Å². The highest BCUT2D eigenvalue weighted by molar-refractivity contribution is 6.23. The largest absolute Gasteiger partial charge is 0.289 e. The van der Waals surface area contributed by atoms with E-state index < -0.39 is 0 Å². The third-order valence-electron chi connectivity index (χ3n) is 9.71. The second kappa shape index (κ2) is 15.3. The van der Waals surface area contributed by atoms with E-state index in [2.05, 4.69) is 68.4 Å². The molecule has 6 rings (SSSR count). The van der Waals surface area contributed by atoms with Gasteiger partial charge in [-0.05, 0) is 63.9 Å². The summed E-state index contributed by atoms with van der Waals surface area (Å²) in [6.07, 6.45) is 26.6. The van der Waals surface area contributed by atoms with E-state index in [1.54, 1.807) is 17.2 Å². The summed E-state index contributed by atoms with van der Waals surface area (Å²) in [6, 6.07) is 26.6. The van der Waals surface area contributed by atoms with Crippen LogP contribution < -0.4 is 0 Å². The second-order valence-electron chi connectivity index (χ2n) is 12.7. The van der Waals surface area contributed by atoms with Crippen molar-refractivity contribution in [1.82, 2.24) is 0 Å². The van der Waals surface area contributed by atoms with Gasteiger partial charge in [-0.3, -0.25) is 4.79 Å². The Balaban J connectivity index is 0.000000217. The Morgan fingerprint density at radius 3 is 1.60 bits per heavy atom. The molecule has 3 aromatic rings. The first kappa shape index (κ1) is 31.0. The van der Waals surface area contributed by atoms with Crippen molar-refractivity contribution >= 4 is 17.4 Å². The van der Waals surface area contributed by atoms with Gasteiger partial charge in [-0.2, -0.15) is 0 Å². The van der Waals surface area contributed by atoms with Crippen LogP contribution in [0.3, 0.4) is 0 Å². The highest BCUT2D eigenvalue weighted by Crippen LogP contribution is 2.54. The molecule has 0 fully saturated rings. The van der Waals surface area contributed by atoms with Gasteiger partial charge < -0.3 is 0 Å². The van der Waals surface area contributed by atoms with Gasteiger partial charge in [-0.15, -0.1) is 0 Å². The molecule has 224 valence electrons. The zero-order valence-electron chi connectivity index (χ0n) is 26.5. The Hall–Kier alpha value is -3.45. The summed E-state index contributed by atoms with van der Waals surface area (Å²) in [5.74, 6) is 0.110. The van der Waals surface area contributed by atoms with Crippen molar-refractivity contribution in [3.8, 4) is 11.1 Å². The fourth-order valence-electron chi connectivity index (χ4n) is 7.44. The molecule has 0 saturated heterocycles. The Labute approximate surface area is 260 Å². The maximum Gasteiger partial charge on any atom is 0.186 e. The van der Waals surface area contributed by atoms with Gasteiger partial charge in [0, 0.05) is 11.0 Å². The molecule has 3 aliphatic carbocycles. The van der Waals surface area contributed by atoms with Crippen molar-refractivity contribution in [2.45, 2.75) is 109 Å². The lowest BCUT2D eigenvalue weighted by atomic mass is 9.70. The van der Waals surface area contributed by atoms with Gasteiger partial charge in [0.15, 0.2) is 5.78 Å². The first-order chi connectivity index (χ1) is 21.2. The van der Waals surface area contributed by atoms with Crippen LogP contribution in [-0.2, 0) is 10.2 Å². The topological polar surface area (TPSA) is 17.1 Å². The number of benzene rings is 3. The number of fused-ring (bicyclic) bond motifs is 6. The number of carbonyl (C=O) groups is 1. The second-order valence-corrected chi connectivity index (χ2v) is 12.7. The van der Waals surface area contributed by atoms with E-state index in [0.717, 1.165) is 16.7 Å². The molecule has 0 bridgehead atoms. The lowest BCUT2D eigenvalue weighted by molar-refractivity contribution is -0.110. The normalized spacial score (nSPS) is 15.1. The minimum absolute atomic E-state index is 0.110. The van der Waals surface area contributed by atoms with Gasteiger partial charge in [0.05, 0.1) is 0 Å². The summed E-state index contributed by atoms with van der Waals surface area (Å²) in [5.41, 5.74) is 10.7. The molecule has 3 aliphatic rings. The first-order valence-corrected chi connectivity index (χ1v) is 17.1. The zero-order valence-corrected chi connectivity index (χ0v) is 26.5. The number of allylic oxidation sites excluding steroid dienone is 5. The molecule has 1 nitrogen and oxygen atoms in total. The van der Waals surface area contributed by atoms with Crippen LogP contribution in [0.15, 0.2) is 96.6 Å². The predicted molar refractivity (Wildman–Crippen MR) is 185 cm³/mol. The molecule has 0 amide bonds. The summed E-state index contributed by atoms with van der Waals surface area (Å²) in [4.78, 5) is 11.5. The minimum atomic E-state index is 0.110. The molecule has 1 heteroatoms. The fraction of sp³-hybridized carbons (Fsp3) is 0.405. The van der Waals surface area contributed by atoms with E-state index in [4.69, 9.17) is 0 Å². The van der Waals surface area contributed by atoms with Crippen molar-refractivity contribution in [2.24, 2.45) is 0 Å². The molecule has 0 N–H and O–H groups in total. The number of hydrogen-bond acceptors (Lipinski definition) is 1. The molecule has 0 radical (unpaired) electrons. The molecule has 0 aliphatic heterocycles. The Bertz CT molecular complexity index is 1400. The minimum Gasteiger partial charge on any atom is -0.289 e. The van der Waals surface area contributed by atoms with Gasteiger partial charge in [0.1, 0.15) is 0 Å². The summed E-state index contributed by atoms with van der Waals surface area (Å²) >= 11 is 0. The van der Waals surface area contributed by atoms with E-state index in [1.807, 2.05) is 36.4 Å². The van der Waals surface area contributed by atoms with E-state index in [9.17, 15) is 4.79 Å². The average Bonchev–Trinajstić information content (AvgIpc) is 3.56. The van der Waals surface area contributed by atoms with Crippen molar-refractivity contribution in [3.05, 3.63) is 119 Å². The summed E-state index contributed by atoms with van der Waals surface area (Å²) in [7, 11) is 0. The van der Waals surface area contributed by atoms with E-state index in [0.29, 0.717) is 0 Å². The molecule has 0 aromatic heterocycles. The molecular weight excluding hydrogens is 520 g/mol. The quantitative estimate of drug-likeness (QED) is 0.176. The van der Waals surface area contributed by atoms with E-state index in [-0.39, 0.29) is 11.2 Å². The predicted octanol–water partition coefficient (Wildman–Crippen LogP) is 12.1. The molecule has 3 aromatic carbocycles. The molecular formula is C42H50O. The van der Waals surface area contributed by atoms with E-state index >= 15 is 0 Å². The maximum atomic E-state index is 11.5. The van der Waals surface area contributed by atoms with Gasteiger partial charge in [-0.25, -0.2) is 0 Å². The number of rotatable bonds is 14. The Morgan fingerprint density at radius 2 is 1.02 bits per heavy atom. The van der Waals surface area contributed by atoms with Crippen LogP contribution in [0.2, 0.25) is 0 Å². The van der Waals surface area contributed by atoms with Crippen LogP contribution in [-0.4, -0.2) is 5.78 Å². The van der Waals surface area contributed by atoms with Crippen LogP contribution in [0.1, 0.15) is 126 Å². The lowest BCUT2D eigenvalue weighted by Crippen LogP contribution is -2.25. The van der Waals surface area contributed by atoms with Gasteiger partial charge in [0.2, 0.25) is 0 Å². The van der Waals surface area contributed by atoms with Crippen molar-refractivity contribution < 1.29 is 4.79 Å².